The van der Waals surface area contributed by atoms with Crippen LogP contribution in [0.4, 0.5) is 5.69 Å². The maximum atomic E-state index is 14.7. The number of carbonyl (C=O) groups excluding carboxylic acids is 3. The van der Waals surface area contributed by atoms with Crippen LogP contribution in [0.5, 0.6) is 5.75 Å². The monoisotopic (exact) mass is 810 g/mol. The Hall–Kier alpha value is -4.43. The van der Waals surface area contributed by atoms with Crippen molar-refractivity contribution in [3.8, 4) is 5.75 Å². The fourth-order valence-corrected chi connectivity index (χ4v) is 13.4. The number of likely N-dealkylation sites (N-methyl/N-ethyl adjacent to an activating group) is 1. The van der Waals surface area contributed by atoms with E-state index in [0.29, 0.717) is 70.6 Å². The number of esters is 3. The van der Waals surface area contributed by atoms with Gasteiger partial charge in [0.25, 0.3) is 0 Å². The van der Waals surface area contributed by atoms with Crippen molar-refractivity contribution in [2.75, 3.05) is 66.0 Å². The number of piperidine rings is 1. The Morgan fingerprint density at radius 1 is 1.00 bits per heavy atom. The number of para-hydroxylation sites is 1. The van der Waals surface area contributed by atoms with Gasteiger partial charge in [0.1, 0.15) is 11.7 Å². The predicted molar refractivity (Wildman–Crippen MR) is 221 cm³/mol. The lowest BCUT2D eigenvalue weighted by Gasteiger charge is -2.63. The number of hydrogen-bond donors (Lipinski definition) is 3. The highest BCUT2D eigenvalue weighted by Crippen LogP contribution is 2.68. The van der Waals surface area contributed by atoms with E-state index < -0.39 is 58.0 Å². The fraction of sp³-hybridized carbons (Fsp3) is 0.587. The van der Waals surface area contributed by atoms with Gasteiger partial charge in [0.2, 0.25) is 5.60 Å². The van der Waals surface area contributed by atoms with Crippen LogP contribution in [0.25, 0.3) is 10.9 Å². The van der Waals surface area contributed by atoms with Crippen LogP contribution in [0, 0.1) is 11.3 Å². The fourth-order valence-electron chi connectivity index (χ4n) is 13.4. The van der Waals surface area contributed by atoms with E-state index >= 15 is 0 Å². The quantitative estimate of drug-likeness (QED) is 0.178. The third-order valence-corrected chi connectivity index (χ3v) is 15.6. The van der Waals surface area contributed by atoms with Gasteiger partial charge in [-0.05, 0) is 73.4 Å². The summed E-state index contributed by atoms with van der Waals surface area (Å²) in [4.78, 5) is 52.5. The maximum absolute atomic E-state index is 14.7. The number of anilines is 1. The third kappa shape index (κ3) is 5.39. The second-order valence-electron chi connectivity index (χ2n) is 18.1. The molecule has 2 aromatic carbocycles. The van der Waals surface area contributed by atoms with Crippen molar-refractivity contribution < 1.29 is 43.5 Å². The Bertz CT molecular complexity index is 2240. The molecule has 3 N–H and O–H groups in total. The van der Waals surface area contributed by atoms with Gasteiger partial charge in [-0.1, -0.05) is 44.2 Å². The minimum Gasteiger partial charge on any atom is -0.496 e. The van der Waals surface area contributed by atoms with E-state index in [2.05, 4.69) is 39.1 Å². The van der Waals surface area contributed by atoms with Gasteiger partial charge in [0.05, 0.1) is 33.0 Å². The van der Waals surface area contributed by atoms with Crippen molar-refractivity contribution in [3.63, 3.8) is 0 Å². The molecule has 2 bridgehead atoms. The maximum Gasteiger partial charge on any atom is 0.344 e. The molecule has 9 rings (SSSR count). The lowest BCUT2D eigenvalue weighted by molar-refractivity contribution is -0.228. The SMILES string of the molecule is CCC1(O)CC2CN(CCc3c([nH]c4ccccc34)[C@H](C(=O)OC)C2c2cc3c(cc2OC)N(C)C2[C@]34CCN3CC=C[C@@](CC)([C@@H](OC(C)=O)[C@]2(O)C(=O)OC)[C@H]34)C1. The number of carbonyl (C=O) groups is 3. The molecule has 2 saturated heterocycles. The molecule has 6 heterocycles. The van der Waals surface area contributed by atoms with Gasteiger partial charge in [0, 0.05) is 91.3 Å². The molecule has 6 aliphatic rings. The summed E-state index contributed by atoms with van der Waals surface area (Å²) < 4.78 is 23.7. The summed E-state index contributed by atoms with van der Waals surface area (Å²) in [6.07, 6.45) is 5.66. The lowest BCUT2D eigenvalue weighted by Crippen LogP contribution is -2.81. The minimum absolute atomic E-state index is 0.200. The molecule has 316 valence electrons. The molecule has 0 amide bonds. The summed E-state index contributed by atoms with van der Waals surface area (Å²) in [5.74, 6) is -2.80. The first-order chi connectivity index (χ1) is 28.3. The van der Waals surface area contributed by atoms with Crippen molar-refractivity contribution in [3.05, 3.63) is 70.9 Å². The molecule has 59 heavy (non-hydrogen) atoms. The van der Waals surface area contributed by atoms with E-state index in [1.807, 2.05) is 50.1 Å². The number of rotatable bonds is 7. The zero-order valence-corrected chi connectivity index (χ0v) is 35.2. The molecular formula is C46H58N4O9. The van der Waals surface area contributed by atoms with E-state index in [4.69, 9.17) is 18.9 Å². The van der Waals surface area contributed by atoms with Gasteiger partial charge in [-0.3, -0.25) is 19.4 Å². The molecule has 3 fully saturated rings. The number of ether oxygens (including phenoxy) is 4. The van der Waals surface area contributed by atoms with Crippen LogP contribution in [-0.2, 0) is 40.4 Å². The molecule has 5 aliphatic heterocycles. The zero-order valence-electron chi connectivity index (χ0n) is 35.2. The van der Waals surface area contributed by atoms with Gasteiger partial charge in [0.15, 0.2) is 6.10 Å². The van der Waals surface area contributed by atoms with Crippen LogP contribution >= 0.6 is 0 Å². The summed E-state index contributed by atoms with van der Waals surface area (Å²) in [6.45, 7) is 8.60. The van der Waals surface area contributed by atoms with Crippen molar-refractivity contribution in [2.24, 2.45) is 11.3 Å². The number of aromatic nitrogens is 1. The third-order valence-electron chi connectivity index (χ3n) is 15.6. The molecule has 1 saturated carbocycles. The van der Waals surface area contributed by atoms with Gasteiger partial charge >= 0.3 is 17.9 Å². The first kappa shape index (κ1) is 40.0. The summed E-state index contributed by atoms with van der Waals surface area (Å²) >= 11 is 0. The van der Waals surface area contributed by atoms with Crippen LogP contribution in [0.2, 0.25) is 0 Å². The molecule has 3 aromatic rings. The highest BCUT2D eigenvalue weighted by Gasteiger charge is 2.80. The van der Waals surface area contributed by atoms with Crippen molar-refractivity contribution in [2.45, 2.75) is 99.5 Å². The van der Waals surface area contributed by atoms with E-state index in [0.717, 1.165) is 39.0 Å². The normalized spacial score (nSPS) is 37.0. The van der Waals surface area contributed by atoms with Crippen LogP contribution in [0.3, 0.4) is 0 Å². The molecule has 1 aromatic heterocycles. The average Bonchev–Trinajstić information content (AvgIpc) is 3.89. The van der Waals surface area contributed by atoms with Crippen LogP contribution < -0.4 is 9.64 Å². The first-order valence-corrected chi connectivity index (χ1v) is 21.2. The average molecular weight is 811 g/mol. The van der Waals surface area contributed by atoms with Crippen molar-refractivity contribution >= 4 is 34.5 Å². The van der Waals surface area contributed by atoms with Crippen molar-refractivity contribution in [1.29, 1.82) is 0 Å². The Labute approximate surface area is 345 Å². The molecule has 13 heteroatoms. The molecule has 1 spiro atoms. The molecule has 13 nitrogen and oxygen atoms in total. The number of nitrogens with zero attached hydrogens (tertiary/aromatic N) is 3. The summed E-state index contributed by atoms with van der Waals surface area (Å²) in [6, 6.07) is 11.2. The van der Waals surface area contributed by atoms with E-state index in [1.54, 1.807) is 7.11 Å². The van der Waals surface area contributed by atoms with Crippen LogP contribution in [0.1, 0.15) is 80.7 Å². The second-order valence-corrected chi connectivity index (χ2v) is 18.1. The first-order valence-electron chi connectivity index (χ1n) is 21.2. The largest absolute Gasteiger partial charge is 0.496 e. The topological polar surface area (TPSA) is 154 Å². The molecule has 11 atom stereocenters. The standard InChI is InChI=1S/C46H58N4O9/c1-8-43(54)23-27-24-49(25-43)19-15-29-28-13-10-11-14-32(28)47-37(29)36(38(52)57-6)35(27)30-21-31-33(22-34(30)56-5)48(4)40-45(31)17-20-50-18-12-16-44(9-2,39(45)50)41(59-26(3)51)46(40,55)42(53)58-7/h10-14,16,21-22,27,35-36,39-41,47,54-55H,8-9,15,17-20,23-25H2,1-7H3/t27?,35?,36-,39+,40?,41-,43?,44-,45-,46+/m1/s1. The zero-order chi connectivity index (χ0) is 41.8. The Kier molecular flexibility index (Phi) is 9.54. The van der Waals surface area contributed by atoms with E-state index in [-0.39, 0.29) is 17.9 Å². The van der Waals surface area contributed by atoms with Gasteiger partial charge in [-0.15, -0.1) is 0 Å². The number of hydrogen-bond acceptors (Lipinski definition) is 12. The number of H-pyrrole nitrogens is 1. The lowest BCUT2D eigenvalue weighted by atomic mass is 9.47. The molecule has 1 aliphatic carbocycles. The number of nitrogens with one attached hydrogen (secondary N) is 1. The number of fused-ring (bicyclic) bond motifs is 6. The highest BCUT2D eigenvalue weighted by molar-refractivity contribution is 5.90. The van der Waals surface area contributed by atoms with E-state index in [9.17, 15) is 24.6 Å². The van der Waals surface area contributed by atoms with Crippen LogP contribution in [-0.4, -0.2) is 133 Å². The Morgan fingerprint density at radius 3 is 2.47 bits per heavy atom. The second kappa shape index (κ2) is 14.1. The molecule has 5 unspecified atom stereocenters. The highest BCUT2D eigenvalue weighted by atomic mass is 16.6. The summed E-state index contributed by atoms with van der Waals surface area (Å²) in [7, 11) is 6.21. The van der Waals surface area contributed by atoms with Crippen LogP contribution in [0.15, 0.2) is 48.6 Å². The number of aliphatic hydroxyl groups is 2. The number of benzene rings is 2. The minimum atomic E-state index is -2.28. The number of aromatic amines is 1. The van der Waals surface area contributed by atoms with Gasteiger partial charge < -0.3 is 39.0 Å². The smallest absolute Gasteiger partial charge is 0.344 e. The number of methoxy groups -OCH3 is 3. The molecule has 0 radical (unpaired) electrons. The summed E-state index contributed by atoms with van der Waals surface area (Å²) in [5.41, 5.74) is 0.247. The predicted octanol–water partition coefficient (Wildman–Crippen LogP) is 4.18. The molecular weight excluding hydrogens is 753 g/mol. The summed E-state index contributed by atoms with van der Waals surface area (Å²) in [5, 5.41) is 26.6. The van der Waals surface area contributed by atoms with Gasteiger partial charge in [-0.2, -0.15) is 0 Å². The van der Waals surface area contributed by atoms with Crippen molar-refractivity contribution in [1.82, 2.24) is 14.8 Å². The van der Waals surface area contributed by atoms with E-state index in [1.165, 1.54) is 21.1 Å². The Balaban J connectivity index is 1.34. The van der Waals surface area contributed by atoms with Gasteiger partial charge in [-0.25, -0.2) is 4.79 Å². The Morgan fingerprint density at radius 2 is 1.78 bits per heavy atom.